The molecule has 1 aliphatic rings. The van der Waals surface area contributed by atoms with Crippen LogP contribution in [0.15, 0.2) is 23.1 Å². The van der Waals surface area contributed by atoms with Crippen LogP contribution in [-0.2, 0) is 10.0 Å². The highest BCUT2D eigenvalue weighted by molar-refractivity contribution is 7.89. The number of rotatable bonds is 3. The number of halogens is 3. The number of hydrogen-bond acceptors (Lipinski definition) is 3. The molecule has 0 radical (unpaired) electrons. The van der Waals surface area contributed by atoms with Gasteiger partial charge in [-0.3, -0.25) is 0 Å². The Labute approximate surface area is 129 Å². The largest absolute Gasteiger partial charge is 0.317 e. The lowest BCUT2D eigenvalue weighted by molar-refractivity contribution is 0.296. The van der Waals surface area contributed by atoms with E-state index in [1.165, 1.54) is 17.4 Å². The quantitative estimate of drug-likeness (QED) is 0.916. The lowest BCUT2D eigenvalue weighted by Gasteiger charge is -2.30. The third-order valence-electron chi connectivity index (χ3n) is 3.34. The molecule has 114 valence electrons. The van der Waals surface area contributed by atoms with Crippen molar-refractivity contribution in [2.75, 3.05) is 20.1 Å². The number of nitrogens with zero attached hydrogens (tertiary/aromatic N) is 1. The maximum atomic E-state index is 13.3. The molecule has 1 heterocycles. The van der Waals surface area contributed by atoms with Gasteiger partial charge in [-0.05, 0) is 44.1 Å². The van der Waals surface area contributed by atoms with Crippen molar-refractivity contribution in [2.24, 2.45) is 0 Å². The number of hydrogen-bond donors (Lipinski definition) is 1. The summed E-state index contributed by atoms with van der Waals surface area (Å²) in [5.74, 6) is -0.648. The lowest BCUT2D eigenvalue weighted by Crippen LogP contribution is -2.43. The van der Waals surface area contributed by atoms with E-state index in [-0.39, 0.29) is 28.4 Å². The van der Waals surface area contributed by atoms with Crippen molar-refractivity contribution in [1.82, 2.24) is 9.62 Å². The van der Waals surface area contributed by atoms with Crippen LogP contribution < -0.4 is 5.32 Å². The van der Waals surface area contributed by atoms with Crippen LogP contribution in [0, 0.1) is 5.82 Å². The summed E-state index contributed by atoms with van der Waals surface area (Å²) in [7, 11) is -2.17. The first kappa shape index (κ1) is 17.7. The zero-order valence-electron chi connectivity index (χ0n) is 11.0. The van der Waals surface area contributed by atoms with Gasteiger partial charge in [0.15, 0.2) is 0 Å². The number of piperidine rings is 1. The molecule has 8 heteroatoms. The Morgan fingerprint density at radius 3 is 2.45 bits per heavy atom. The van der Waals surface area contributed by atoms with Crippen molar-refractivity contribution in [2.45, 2.75) is 23.8 Å². The van der Waals surface area contributed by atoms with E-state index < -0.39 is 15.8 Å². The third kappa shape index (κ3) is 3.83. The molecule has 1 fully saturated rings. The van der Waals surface area contributed by atoms with Gasteiger partial charge in [0.05, 0.1) is 4.90 Å². The molecule has 0 spiro atoms. The van der Waals surface area contributed by atoms with E-state index >= 15 is 0 Å². The van der Waals surface area contributed by atoms with Gasteiger partial charge in [-0.15, -0.1) is 12.4 Å². The molecule has 0 bridgehead atoms. The molecular formula is C12H17Cl2FN2O2S. The predicted molar refractivity (Wildman–Crippen MR) is 79.5 cm³/mol. The lowest BCUT2D eigenvalue weighted by atomic mass is 10.1. The highest BCUT2D eigenvalue weighted by Crippen LogP contribution is 2.24. The second-order valence-corrected chi connectivity index (χ2v) is 7.04. The van der Waals surface area contributed by atoms with Crippen molar-refractivity contribution >= 4 is 34.0 Å². The Hall–Kier alpha value is -0.400. The molecule has 0 aromatic heterocycles. The fraction of sp³-hybridized carbons (Fsp3) is 0.500. The molecule has 0 saturated carbocycles. The van der Waals surface area contributed by atoms with Crippen LogP contribution in [0.2, 0.25) is 5.02 Å². The molecule has 4 nitrogen and oxygen atoms in total. The van der Waals surface area contributed by atoms with Crippen LogP contribution in [0.4, 0.5) is 4.39 Å². The first-order valence-electron chi connectivity index (χ1n) is 6.06. The topological polar surface area (TPSA) is 49.4 Å². The SMILES string of the molecule is CN(C1CCNCC1)S(=O)(=O)c1cc(F)cc(Cl)c1.Cl. The average molecular weight is 343 g/mol. The van der Waals surface area contributed by atoms with Crippen molar-refractivity contribution in [3.05, 3.63) is 29.0 Å². The molecule has 1 saturated heterocycles. The highest BCUT2D eigenvalue weighted by Gasteiger charge is 2.29. The zero-order chi connectivity index (χ0) is 14.0. The van der Waals surface area contributed by atoms with Crippen molar-refractivity contribution in [3.63, 3.8) is 0 Å². The molecule has 1 aliphatic heterocycles. The first-order valence-corrected chi connectivity index (χ1v) is 7.88. The minimum atomic E-state index is -3.70. The third-order valence-corrected chi connectivity index (χ3v) is 5.44. The van der Waals surface area contributed by atoms with Gasteiger partial charge < -0.3 is 5.32 Å². The Balaban J connectivity index is 0.00000200. The van der Waals surface area contributed by atoms with Crippen LogP contribution in [0.5, 0.6) is 0 Å². The molecule has 1 aromatic carbocycles. The minimum Gasteiger partial charge on any atom is -0.317 e. The molecular weight excluding hydrogens is 326 g/mol. The highest BCUT2D eigenvalue weighted by atomic mass is 35.5. The van der Waals surface area contributed by atoms with Gasteiger partial charge in [0.1, 0.15) is 5.82 Å². The van der Waals surface area contributed by atoms with Crippen molar-refractivity contribution < 1.29 is 12.8 Å². The van der Waals surface area contributed by atoms with E-state index in [2.05, 4.69) is 5.32 Å². The van der Waals surface area contributed by atoms with Crippen molar-refractivity contribution in [3.8, 4) is 0 Å². The fourth-order valence-electron chi connectivity index (χ4n) is 2.21. The Kier molecular flexibility index (Phi) is 6.22. The van der Waals surface area contributed by atoms with Gasteiger partial charge in [-0.1, -0.05) is 11.6 Å². The summed E-state index contributed by atoms with van der Waals surface area (Å²) in [6.07, 6.45) is 1.50. The van der Waals surface area contributed by atoms with Gasteiger partial charge in [0.25, 0.3) is 0 Å². The van der Waals surface area contributed by atoms with Gasteiger partial charge in [0.2, 0.25) is 10.0 Å². The van der Waals surface area contributed by atoms with Gasteiger partial charge >= 0.3 is 0 Å². The molecule has 0 aliphatic carbocycles. The molecule has 1 N–H and O–H groups in total. The van der Waals surface area contributed by atoms with E-state index in [0.29, 0.717) is 0 Å². The monoisotopic (exact) mass is 342 g/mol. The second kappa shape index (κ2) is 7.04. The van der Waals surface area contributed by atoms with E-state index in [1.54, 1.807) is 0 Å². The van der Waals surface area contributed by atoms with E-state index in [4.69, 9.17) is 11.6 Å². The smallest absolute Gasteiger partial charge is 0.243 e. The van der Waals surface area contributed by atoms with Crippen LogP contribution >= 0.6 is 24.0 Å². The van der Waals surface area contributed by atoms with Crippen LogP contribution in [0.3, 0.4) is 0 Å². The summed E-state index contributed by atoms with van der Waals surface area (Å²) < 4.78 is 39.4. The van der Waals surface area contributed by atoms with Gasteiger partial charge in [-0.2, -0.15) is 4.31 Å². The number of nitrogens with one attached hydrogen (secondary N) is 1. The predicted octanol–water partition coefficient (Wildman–Crippen LogP) is 2.27. The second-order valence-electron chi connectivity index (χ2n) is 4.61. The summed E-state index contributed by atoms with van der Waals surface area (Å²) in [5, 5.41) is 3.26. The molecule has 20 heavy (non-hydrogen) atoms. The van der Waals surface area contributed by atoms with Crippen molar-refractivity contribution in [1.29, 1.82) is 0 Å². The Morgan fingerprint density at radius 1 is 1.30 bits per heavy atom. The van der Waals surface area contributed by atoms with E-state index in [1.807, 2.05) is 0 Å². The molecule has 0 amide bonds. The zero-order valence-corrected chi connectivity index (χ0v) is 13.4. The maximum Gasteiger partial charge on any atom is 0.243 e. The first-order chi connectivity index (χ1) is 8.91. The van der Waals surface area contributed by atoms with E-state index in [9.17, 15) is 12.8 Å². The Bertz CT molecular complexity index is 542. The number of sulfonamides is 1. The summed E-state index contributed by atoms with van der Waals surface area (Å²) in [6, 6.07) is 3.30. The van der Waals surface area contributed by atoms with Gasteiger partial charge in [-0.25, -0.2) is 12.8 Å². The fourth-order valence-corrected chi connectivity index (χ4v) is 3.97. The van der Waals surface area contributed by atoms with Crippen LogP contribution in [0.25, 0.3) is 0 Å². The minimum absolute atomic E-state index is 0. The van der Waals surface area contributed by atoms with Gasteiger partial charge in [0, 0.05) is 18.1 Å². The van der Waals surface area contributed by atoms with E-state index in [0.717, 1.165) is 38.1 Å². The molecule has 0 atom stereocenters. The van der Waals surface area contributed by atoms with Crippen LogP contribution in [-0.4, -0.2) is 38.9 Å². The summed E-state index contributed by atoms with van der Waals surface area (Å²) in [6.45, 7) is 1.57. The molecule has 1 aromatic rings. The molecule has 2 rings (SSSR count). The number of benzene rings is 1. The standard InChI is InChI=1S/C12H16ClFN2O2S.ClH/c1-16(11-2-4-15-5-3-11)19(17,18)12-7-9(13)6-10(14)8-12;/h6-8,11,15H,2-5H2,1H3;1H. The maximum absolute atomic E-state index is 13.3. The summed E-state index contributed by atoms with van der Waals surface area (Å²) >= 11 is 5.71. The Morgan fingerprint density at radius 2 is 1.90 bits per heavy atom. The molecule has 0 unspecified atom stereocenters. The normalized spacial score (nSPS) is 17.0. The summed E-state index contributed by atoms with van der Waals surface area (Å²) in [4.78, 5) is -0.0986. The summed E-state index contributed by atoms with van der Waals surface area (Å²) in [5.41, 5.74) is 0. The van der Waals surface area contributed by atoms with Crippen LogP contribution in [0.1, 0.15) is 12.8 Å². The average Bonchev–Trinajstić information content (AvgIpc) is 2.37.